The summed E-state index contributed by atoms with van der Waals surface area (Å²) < 4.78 is 5.11. The topological polar surface area (TPSA) is 65.7 Å². The number of rotatable bonds is 4. The van der Waals surface area contributed by atoms with Crippen molar-refractivity contribution in [1.82, 2.24) is 4.90 Å². The summed E-state index contributed by atoms with van der Waals surface area (Å²) in [7, 11) is 0. The van der Waals surface area contributed by atoms with Gasteiger partial charge in [-0.25, -0.2) is 4.79 Å². The van der Waals surface area contributed by atoms with E-state index in [9.17, 15) is 10.1 Å². The van der Waals surface area contributed by atoms with E-state index in [0.29, 0.717) is 18.9 Å². The van der Waals surface area contributed by atoms with E-state index >= 15 is 0 Å². The van der Waals surface area contributed by atoms with Gasteiger partial charge in [0.1, 0.15) is 17.8 Å². The molecule has 1 aliphatic rings. The van der Waals surface area contributed by atoms with Gasteiger partial charge in [-0.05, 0) is 39.0 Å². The number of nitriles is 1. The first-order chi connectivity index (χ1) is 10.6. The lowest BCUT2D eigenvalue weighted by Gasteiger charge is -2.33. The van der Waals surface area contributed by atoms with E-state index < -0.39 is 12.1 Å². The van der Waals surface area contributed by atoms with Crippen LogP contribution < -0.4 is 0 Å². The van der Waals surface area contributed by atoms with Crippen molar-refractivity contribution in [3.63, 3.8) is 0 Å². The quantitative estimate of drug-likeness (QED) is 0.582. The summed E-state index contributed by atoms with van der Waals surface area (Å²) in [5.74, 6) is 0. The van der Waals surface area contributed by atoms with Crippen molar-refractivity contribution in [2.24, 2.45) is 10.4 Å². The Morgan fingerprint density at radius 2 is 2.04 bits per heavy atom. The first-order valence-electron chi connectivity index (χ1n) is 8.19. The molecule has 0 saturated carbocycles. The molecule has 5 heteroatoms. The lowest BCUT2D eigenvalue weighted by atomic mass is 9.82. The summed E-state index contributed by atoms with van der Waals surface area (Å²) in [6, 6.07) is 1.75. The number of carbonyl (C=O) groups is 1. The van der Waals surface area contributed by atoms with Crippen LogP contribution in [0.1, 0.15) is 54.4 Å². The van der Waals surface area contributed by atoms with Crippen LogP contribution in [-0.4, -0.2) is 41.4 Å². The smallest absolute Gasteiger partial charge is 0.410 e. The molecule has 1 aliphatic heterocycles. The van der Waals surface area contributed by atoms with Gasteiger partial charge in [-0.2, -0.15) is 5.26 Å². The Bertz CT molecular complexity index is 521. The van der Waals surface area contributed by atoms with Crippen LogP contribution in [0.4, 0.5) is 4.79 Å². The minimum atomic E-state index is -0.438. The molecule has 1 atom stereocenters. The second-order valence-electron chi connectivity index (χ2n) is 7.71. The Morgan fingerprint density at radius 3 is 2.57 bits per heavy atom. The molecule has 0 fully saturated rings. The summed E-state index contributed by atoms with van der Waals surface area (Å²) in [4.78, 5) is 18.4. The third kappa shape index (κ3) is 6.05. The van der Waals surface area contributed by atoms with Crippen LogP contribution in [0.25, 0.3) is 0 Å². The lowest BCUT2D eigenvalue weighted by Crippen LogP contribution is -2.46. The molecule has 0 saturated heterocycles. The van der Waals surface area contributed by atoms with Gasteiger partial charge in [0.2, 0.25) is 0 Å². The summed E-state index contributed by atoms with van der Waals surface area (Å²) in [6.45, 7) is 13.2. The summed E-state index contributed by atoms with van der Waals surface area (Å²) >= 11 is 0. The van der Waals surface area contributed by atoms with Crippen molar-refractivity contribution in [3.8, 4) is 6.07 Å². The van der Waals surface area contributed by atoms with Crippen LogP contribution in [0.15, 0.2) is 17.1 Å². The number of carbonyl (C=O) groups excluding carboxylic acids is 1. The third-order valence-corrected chi connectivity index (χ3v) is 3.47. The average Bonchev–Trinajstić information content (AvgIpc) is 2.42. The second kappa shape index (κ2) is 7.63. The van der Waals surface area contributed by atoms with Gasteiger partial charge in [-0.1, -0.05) is 32.9 Å². The predicted molar refractivity (Wildman–Crippen MR) is 92.5 cm³/mol. The molecule has 0 radical (unpaired) electrons. The number of aliphatic imine (C=N–C) groups is 1. The molecule has 1 amide bonds. The highest BCUT2D eigenvalue weighted by Gasteiger charge is 2.32. The number of hydrogen-bond acceptors (Lipinski definition) is 4. The average molecular weight is 319 g/mol. The molecule has 0 bridgehead atoms. The van der Waals surface area contributed by atoms with E-state index in [1.165, 1.54) is 0 Å². The van der Waals surface area contributed by atoms with E-state index in [0.717, 1.165) is 12.8 Å². The largest absolute Gasteiger partial charge is 0.450 e. The fraction of sp³-hybridized carbons (Fsp3) is 0.722. The molecule has 0 aromatic rings. The van der Waals surface area contributed by atoms with E-state index in [2.05, 4.69) is 31.8 Å². The zero-order valence-electron chi connectivity index (χ0n) is 15.2. The Morgan fingerprint density at radius 1 is 1.39 bits per heavy atom. The standard InChI is InChI=1S/C18H29N3O2/c1-7-23-16(22)21-11-9-8-10-15(21)14(12-19)20-18(5,6)13-17(2,3)4/h8,10,15H,7,9,11,13H2,1-6H3. The third-order valence-electron chi connectivity index (χ3n) is 3.47. The van der Waals surface area contributed by atoms with E-state index in [1.807, 2.05) is 26.0 Å². The molecule has 1 heterocycles. The van der Waals surface area contributed by atoms with Crippen LogP contribution >= 0.6 is 0 Å². The SMILES string of the molecule is CCOC(=O)N1CCC=CC1C(C#N)=NC(C)(C)CC(C)(C)C. The van der Waals surface area contributed by atoms with Crippen LogP contribution in [0.2, 0.25) is 0 Å². The van der Waals surface area contributed by atoms with E-state index in [-0.39, 0.29) is 11.0 Å². The molecule has 1 unspecified atom stereocenters. The van der Waals surface area contributed by atoms with Crippen molar-refractivity contribution in [3.05, 3.63) is 12.2 Å². The first-order valence-corrected chi connectivity index (χ1v) is 8.19. The highest BCUT2D eigenvalue weighted by molar-refractivity contribution is 6.05. The zero-order chi connectivity index (χ0) is 17.7. The monoisotopic (exact) mass is 319 g/mol. The number of amides is 1. The molecule has 23 heavy (non-hydrogen) atoms. The maximum Gasteiger partial charge on any atom is 0.410 e. The van der Waals surface area contributed by atoms with Crippen LogP contribution in [-0.2, 0) is 4.74 Å². The van der Waals surface area contributed by atoms with Gasteiger partial charge in [0.05, 0.1) is 12.1 Å². The fourth-order valence-corrected chi connectivity index (χ4v) is 3.15. The highest BCUT2D eigenvalue weighted by atomic mass is 16.6. The van der Waals surface area contributed by atoms with Gasteiger partial charge in [0.25, 0.3) is 0 Å². The minimum Gasteiger partial charge on any atom is -0.450 e. The van der Waals surface area contributed by atoms with Crippen molar-refractivity contribution >= 4 is 11.8 Å². The Hall–Kier alpha value is -1.83. The maximum atomic E-state index is 12.1. The fourth-order valence-electron chi connectivity index (χ4n) is 3.15. The Balaban J connectivity index is 3.08. The summed E-state index contributed by atoms with van der Waals surface area (Å²) in [5.41, 5.74) is 0.106. The number of ether oxygens (including phenoxy) is 1. The van der Waals surface area contributed by atoms with Gasteiger partial charge in [0, 0.05) is 6.54 Å². The molecule has 0 N–H and O–H groups in total. The van der Waals surface area contributed by atoms with E-state index in [1.54, 1.807) is 11.8 Å². The van der Waals surface area contributed by atoms with E-state index in [4.69, 9.17) is 4.74 Å². The molecular formula is C18H29N3O2. The molecule has 1 rings (SSSR count). The highest BCUT2D eigenvalue weighted by Crippen LogP contribution is 2.30. The van der Waals surface area contributed by atoms with Crippen molar-refractivity contribution in [1.29, 1.82) is 5.26 Å². The lowest BCUT2D eigenvalue weighted by molar-refractivity contribution is 0.105. The molecule has 0 aliphatic carbocycles. The van der Waals surface area contributed by atoms with Crippen molar-refractivity contribution < 1.29 is 9.53 Å². The Kier molecular flexibility index (Phi) is 6.37. The van der Waals surface area contributed by atoms with Gasteiger partial charge in [-0.15, -0.1) is 0 Å². The van der Waals surface area contributed by atoms with Crippen LogP contribution in [0.3, 0.4) is 0 Å². The molecule has 0 aromatic carbocycles. The van der Waals surface area contributed by atoms with Crippen LogP contribution in [0, 0.1) is 16.7 Å². The molecule has 0 aromatic heterocycles. The minimum absolute atomic E-state index is 0.108. The molecular weight excluding hydrogens is 290 g/mol. The second-order valence-corrected chi connectivity index (χ2v) is 7.71. The Labute approximate surface area is 140 Å². The summed E-state index contributed by atoms with van der Waals surface area (Å²) in [5, 5.41) is 9.58. The number of hydrogen-bond donors (Lipinski definition) is 0. The molecule has 5 nitrogen and oxygen atoms in total. The number of nitrogens with zero attached hydrogens (tertiary/aromatic N) is 3. The van der Waals surface area contributed by atoms with Crippen molar-refractivity contribution in [2.45, 2.75) is 66.0 Å². The predicted octanol–water partition coefficient (Wildman–Crippen LogP) is 3.95. The van der Waals surface area contributed by atoms with Gasteiger partial charge < -0.3 is 4.74 Å². The van der Waals surface area contributed by atoms with Gasteiger partial charge in [0.15, 0.2) is 0 Å². The zero-order valence-corrected chi connectivity index (χ0v) is 15.2. The first kappa shape index (κ1) is 19.2. The summed E-state index contributed by atoms with van der Waals surface area (Å²) in [6.07, 6.45) is 5.08. The maximum absolute atomic E-state index is 12.1. The van der Waals surface area contributed by atoms with Crippen LogP contribution in [0.5, 0.6) is 0 Å². The van der Waals surface area contributed by atoms with Gasteiger partial charge in [-0.3, -0.25) is 9.89 Å². The molecule has 128 valence electrons. The normalized spacial score (nSPS) is 19.4. The van der Waals surface area contributed by atoms with Gasteiger partial charge >= 0.3 is 6.09 Å². The molecule has 0 spiro atoms. The van der Waals surface area contributed by atoms with Crippen molar-refractivity contribution in [2.75, 3.05) is 13.2 Å².